The Kier molecular flexibility index (Phi) is 11.4. The Bertz CT molecular complexity index is 695. The average molecular weight is 405 g/mol. The van der Waals surface area contributed by atoms with Crippen LogP contribution in [0.15, 0.2) is 54.3 Å². The van der Waals surface area contributed by atoms with Crippen LogP contribution in [0.2, 0.25) is 0 Å². The van der Waals surface area contributed by atoms with Gasteiger partial charge in [-0.05, 0) is 42.5 Å². The summed E-state index contributed by atoms with van der Waals surface area (Å²) in [7, 11) is 3.88. The van der Waals surface area contributed by atoms with E-state index >= 15 is 0 Å². The maximum Gasteiger partial charge on any atom is 0.189 e. The number of benzene rings is 1. The quantitative estimate of drug-likeness (QED) is 0.425. The van der Waals surface area contributed by atoms with Crippen LogP contribution in [0, 0.1) is 0 Å². The van der Waals surface area contributed by atoms with Gasteiger partial charge in [-0.15, -0.1) is 12.6 Å². The van der Waals surface area contributed by atoms with Crippen molar-refractivity contribution >= 4 is 46.4 Å². The topological polar surface area (TPSA) is 49.4 Å². The molecule has 0 spiro atoms. The van der Waals surface area contributed by atoms with Crippen molar-refractivity contribution < 1.29 is 9.59 Å². The predicted octanol–water partition coefficient (Wildman–Crippen LogP) is 4.31. The van der Waals surface area contributed by atoms with Crippen molar-refractivity contribution in [2.24, 2.45) is 0 Å². The van der Waals surface area contributed by atoms with Gasteiger partial charge in [0.05, 0.1) is 0 Å². The first kappa shape index (κ1) is 23.1. The van der Waals surface area contributed by atoms with Crippen molar-refractivity contribution in [2.75, 3.05) is 31.3 Å². The highest BCUT2D eigenvalue weighted by Crippen LogP contribution is 2.17. The van der Waals surface area contributed by atoms with Gasteiger partial charge in [0, 0.05) is 44.9 Å². The van der Waals surface area contributed by atoms with Crippen LogP contribution < -0.4 is 10.2 Å². The molecule has 146 valence electrons. The molecule has 0 heterocycles. The van der Waals surface area contributed by atoms with Gasteiger partial charge in [0.1, 0.15) is 0 Å². The smallest absolute Gasteiger partial charge is 0.189 e. The SMILES string of the molecule is C/C=C(\C=C/NC)/C=C/c1ccc(N(C)CCSC(=O)CCC(=O)S)cc1. The van der Waals surface area contributed by atoms with Crippen molar-refractivity contribution in [1.29, 1.82) is 0 Å². The van der Waals surface area contributed by atoms with Crippen molar-refractivity contribution in [1.82, 2.24) is 5.32 Å². The summed E-state index contributed by atoms with van der Waals surface area (Å²) in [6.07, 6.45) is 10.6. The average Bonchev–Trinajstić information content (AvgIpc) is 2.67. The Balaban J connectivity index is 2.49. The monoisotopic (exact) mass is 404 g/mol. The van der Waals surface area contributed by atoms with E-state index in [1.54, 1.807) is 0 Å². The molecule has 0 amide bonds. The largest absolute Gasteiger partial charge is 0.394 e. The molecule has 0 aromatic heterocycles. The predicted molar refractivity (Wildman–Crippen MR) is 121 cm³/mol. The molecule has 4 nitrogen and oxygen atoms in total. The van der Waals surface area contributed by atoms with Gasteiger partial charge >= 0.3 is 0 Å². The fourth-order valence-corrected chi connectivity index (χ4v) is 3.12. The van der Waals surface area contributed by atoms with E-state index in [2.05, 4.69) is 65.3 Å². The van der Waals surface area contributed by atoms with E-state index in [0.717, 1.165) is 23.4 Å². The van der Waals surface area contributed by atoms with Gasteiger partial charge in [-0.1, -0.05) is 42.1 Å². The van der Waals surface area contributed by atoms with E-state index in [9.17, 15) is 9.59 Å². The third-order valence-electron chi connectivity index (χ3n) is 3.81. The zero-order valence-corrected chi connectivity index (χ0v) is 17.9. The molecule has 0 bridgehead atoms. The van der Waals surface area contributed by atoms with Crippen molar-refractivity contribution in [3.63, 3.8) is 0 Å². The van der Waals surface area contributed by atoms with Gasteiger partial charge in [-0.25, -0.2) is 0 Å². The Morgan fingerprint density at radius 3 is 2.48 bits per heavy atom. The van der Waals surface area contributed by atoms with E-state index in [-0.39, 0.29) is 23.1 Å². The molecule has 0 fully saturated rings. The van der Waals surface area contributed by atoms with Crippen LogP contribution in [-0.4, -0.2) is 36.6 Å². The molecule has 27 heavy (non-hydrogen) atoms. The first-order valence-corrected chi connectivity index (χ1v) is 10.3. The second kappa shape index (κ2) is 13.3. The lowest BCUT2D eigenvalue weighted by Crippen LogP contribution is -2.20. The lowest BCUT2D eigenvalue weighted by atomic mass is 10.1. The molecule has 0 saturated heterocycles. The molecule has 0 atom stereocenters. The van der Waals surface area contributed by atoms with Crippen molar-refractivity contribution in [3.05, 3.63) is 59.8 Å². The van der Waals surface area contributed by atoms with Crippen molar-refractivity contribution in [2.45, 2.75) is 19.8 Å². The summed E-state index contributed by atoms with van der Waals surface area (Å²) in [5, 5.41) is 2.78. The molecular formula is C21H28N2O2S2. The third kappa shape index (κ3) is 10.1. The van der Waals surface area contributed by atoms with E-state index < -0.39 is 0 Å². The molecule has 1 rings (SSSR count). The number of hydrogen-bond acceptors (Lipinski definition) is 5. The Labute approximate surface area is 172 Å². The Hall–Kier alpha value is -1.92. The first-order valence-electron chi connectivity index (χ1n) is 8.83. The van der Waals surface area contributed by atoms with Gasteiger partial charge in [0.2, 0.25) is 0 Å². The van der Waals surface area contributed by atoms with Crippen LogP contribution in [0.3, 0.4) is 0 Å². The summed E-state index contributed by atoms with van der Waals surface area (Å²) in [5.41, 5.74) is 3.37. The minimum atomic E-state index is -0.241. The van der Waals surface area contributed by atoms with Gasteiger partial charge in [0.15, 0.2) is 10.2 Å². The highest BCUT2D eigenvalue weighted by Gasteiger charge is 2.06. The number of rotatable bonds is 11. The second-order valence-corrected chi connectivity index (χ2v) is 7.52. The van der Waals surface area contributed by atoms with Gasteiger partial charge in [-0.2, -0.15) is 0 Å². The third-order valence-corrected chi connectivity index (χ3v) is 4.95. The first-order chi connectivity index (χ1) is 13.0. The lowest BCUT2D eigenvalue weighted by Gasteiger charge is -2.19. The highest BCUT2D eigenvalue weighted by molar-refractivity contribution is 8.13. The summed E-state index contributed by atoms with van der Waals surface area (Å²) in [4.78, 5) is 24.6. The van der Waals surface area contributed by atoms with E-state index in [4.69, 9.17) is 0 Å². The Morgan fingerprint density at radius 2 is 1.89 bits per heavy atom. The summed E-state index contributed by atoms with van der Waals surface area (Å²) >= 11 is 4.95. The summed E-state index contributed by atoms with van der Waals surface area (Å²) < 4.78 is 0. The fourth-order valence-electron chi connectivity index (χ4n) is 2.17. The summed E-state index contributed by atoms with van der Waals surface area (Å²) in [6.45, 7) is 2.77. The standard InChI is InChI=1S/C21H28N2O2S2/c1-4-17(13-14-22-2)5-6-18-7-9-19(10-8-18)23(3)15-16-27-21(25)12-11-20(24)26/h4-10,13-14,22H,11-12,15-16H2,1-3H3,(H,24,26)/b6-5+,14-13-,17-4-. The molecule has 1 N–H and O–H groups in total. The summed E-state index contributed by atoms with van der Waals surface area (Å²) in [6, 6.07) is 8.30. The lowest BCUT2D eigenvalue weighted by molar-refractivity contribution is -0.115. The number of thiol groups is 1. The van der Waals surface area contributed by atoms with Crippen LogP contribution in [0.25, 0.3) is 6.08 Å². The maximum absolute atomic E-state index is 11.7. The zero-order chi connectivity index (χ0) is 20.1. The number of anilines is 1. The van der Waals surface area contributed by atoms with Crippen LogP contribution >= 0.6 is 24.4 Å². The normalized spacial score (nSPS) is 11.9. The number of carbonyl (C=O) groups is 2. The second-order valence-electron chi connectivity index (χ2n) is 5.87. The molecular weight excluding hydrogens is 376 g/mol. The molecule has 1 aromatic carbocycles. The number of hydrogen-bond donors (Lipinski definition) is 2. The molecule has 0 unspecified atom stereocenters. The number of allylic oxidation sites excluding steroid dienone is 4. The van der Waals surface area contributed by atoms with Gasteiger partial charge < -0.3 is 10.2 Å². The minimum absolute atomic E-state index is 0.0402. The molecule has 0 aliphatic carbocycles. The minimum Gasteiger partial charge on any atom is -0.394 e. The fraction of sp³-hybridized carbons (Fsp3) is 0.333. The molecule has 0 aliphatic rings. The van der Waals surface area contributed by atoms with Gasteiger partial charge in [-0.3, -0.25) is 9.59 Å². The van der Waals surface area contributed by atoms with Crippen LogP contribution in [0.1, 0.15) is 25.3 Å². The maximum atomic E-state index is 11.7. The van der Waals surface area contributed by atoms with E-state index in [0.29, 0.717) is 5.75 Å². The Morgan fingerprint density at radius 1 is 1.19 bits per heavy atom. The zero-order valence-electron chi connectivity index (χ0n) is 16.1. The van der Waals surface area contributed by atoms with Crippen molar-refractivity contribution in [3.8, 4) is 0 Å². The van der Waals surface area contributed by atoms with Crippen LogP contribution in [0.5, 0.6) is 0 Å². The van der Waals surface area contributed by atoms with Gasteiger partial charge in [0.25, 0.3) is 0 Å². The molecule has 0 aliphatic heterocycles. The molecule has 1 aromatic rings. The van der Waals surface area contributed by atoms with E-state index in [1.807, 2.05) is 33.3 Å². The van der Waals surface area contributed by atoms with Crippen LogP contribution in [0.4, 0.5) is 5.69 Å². The van der Waals surface area contributed by atoms with Crippen LogP contribution in [-0.2, 0) is 9.59 Å². The molecule has 6 heteroatoms. The molecule has 0 saturated carbocycles. The number of nitrogens with one attached hydrogen (secondary N) is 1. The highest BCUT2D eigenvalue weighted by atomic mass is 32.2. The number of thioether (sulfide) groups is 1. The number of carbonyl (C=O) groups excluding carboxylic acids is 2. The number of nitrogens with zero attached hydrogens (tertiary/aromatic N) is 1. The summed E-state index contributed by atoms with van der Waals surface area (Å²) in [5.74, 6) is 0.695. The molecule has 0 radical (unpaired) electrons. The van der Waals surface area contributed by atoms with E-state index in [1.165, 1.54) is 11.8 Å².